The van der Waals surface area contributed by atoms with Crippen LogP contribution in [0.25, 0.3) is 0 Å². The van der Waals surface area contributed by atoms with E-state index in [9.17, 15) is 19.2 Å². The van der Waals surface area contributed by atoms with Crippen LogP contribution in [0.15, 0.2) is 30.5 Å². The predicted octanol–water partition coefficient (Wildman–Crippen LogP) is 3.98. The Kier molecular flexibility index (Phi) is 11.7. The minimum absolute atomic E-state index is 0.0435. The number of aryl methyl sites for hydroxylation is 1. The van der Waals surface area contributed by atoms with E-state index < -0.39 is 35.5 Å². The zero-order chi connectivity index (χ0) is 32.7. The molecule has 2 heterocycles. The van der Waals surface area contributed by atoms with E-state index in [4.69, 9.17) is 0 Å². The molecule has 1 saturated carbocycles. The summed E-state index contributed by atoms with van der Waals surface area (Å²) in [6.45, 7) is 7.09. The van der Waals surface area contributed by atoms with E-state index in [0.717, 1.165) is 38.5 Å². The minimum Gasteiger partial charge on any atom is -0.344 e. The Labute approximate surface area is 265 Å². The normalized spacial score (nSPS) is 18.0. The van der Waals surface area contributed by atoms with Crippen molar-refractivity contribution in [3.63, 3.8) is 0 Å². The largest absolute Gasteiger partial charge is 0.344 e. The van der Waals surface area contributed by atoms with Crippen molar-refractivity contribution in [1.82, 2.24) is 24.9 Å². The van der Waals surface area contributed by atoms with Crippen LogP contribution < -0.4 is 16.0 Å². The first kappa shape index (κ1) is 34.1. The van der Waals surface area contributed by atoms with Crippen LogP contribution in [0, 0.1) is 17.7 Å². The van der Waals surface area contributed by atoms with E-state index in [-0.39, 0.29) is 35.9 Å². The molecule has 3 N–H and O–H groups in total. The first-order chi connectivity index (χ1) is 21.5. The number of aromatic nitrogens is 2. The number of hydrogen-bond acceptors (Lipinski definition) is 6. The summed E-state index contributed by atoms with van der Waals surface area (Å²) in [5, 5.41) is 12.6. The van der Waals surface area contributed by atoms with E-state index in [2.05, 4.69) is 25.9 Å². The van der Waals surface area contributed by atoms with Crippen molar-refractivity contribution in [2.24, 2.45) is 11.8 Å². The van der Waals surface area contributed by atoms with Gasteiger partial charge in [0.15, 0.2) is 0 Å². The number of benzene rings is 1. The molecule has 1 saturated heterocycles. The number of likely N-dealkylation sites (N-methyl/N-ethyl adjacent to an activating group) is 1. The number of nitrogens with one attached hydrogen (secondary N) is 3. The maximum atomic E-state index is 15.6. The first-order valence-corrected chi connectivity index (χ1v) is 16.2. The first-order valence-electron chi connectivity index (χ1n) is 16.2. The second-order valence-electron chi connectivity index (χ2n) is 12.5. The highest BCUT2D eigenvalue weighted by Crippen LogP contribution is 2.32. The SMILES string of the molecule is CCC(=O)N[C@@H](C(=O)N1CC(N(C)C)C1)[C@@H](C)c1ccc(NC(=O)[C@@H](C(=O)Nc2ccnn2CC)C2CCCCCC2)c(F)c1. The van der Waals surface area contributed by atoms with Crippen molar-refractivity contribution >= 4 is 35.1 Å². The number of hydrogen-bond donors (Lipinski definition) is 3. The molecule has 1 aromatic carbocycles. The number of carbonyl (C=O) groups is 4. The molecule has 0 bridgehead atoms. The molecule has 0 spiro atoms. The fourth-order valence-electron chi connectivity index (χ4n) is 6.24. The number of carbonyl (C=O) groups excluding carboxylic acids is 4. The Balaban J connectivity index is 1.52. The maximum Gasteiger partial charge on any atom is 0.245 e. The van der Waals surface area contributed by atoms with Crippen LogP contribution in [0.3, 0.4) is 0 Å². The molecule has 45 heavy (non-hydrogen) atoms. The lowest BCUT2D eigenvalue weighted by Crippen LogP contribution is -2.63. The monoisotopic (exact) mass is 625 g/mol. The van der Waals surface area contributed by atoms with E-state index in [1.807, 2.05) is 21.0 Å². The molecular weight excluding hydrogens is 577 g/mol. The van der Waals surface area contributed by atoms with Gasteiger partial charge in [-0.1, -0.05) is 45.6 Å². The molecule has 4 rings (SSSR count). The van der Waals surface area contributed by atoms with Crippen LogP contribution in [0.1, 0.15) is 77.2 Å². The highest BCUT2D eigenvalue weighted by molar-refractivity contribution is 6.10. The second-order valence-corrected chi connectivity index (χ2v) is 12.5. The fourth-order valence-corrected chi connectivity index (χ4v) is 6.24. The molecule has 0 unspecified atom stereocenters. The molecule has 12 heteroatoms. The van der Waals surface area contributed by atoms with E-state index in [1.54, 1.807) is 41.8 Å². The van der Waals surface area contributed by atoms with Gasteiger partial charge in [0.25, 0.3) is 0 Å². The lowest BCUT2D eigenvalue weighted by molar-refractivity contribution is -0.142. The van der Waals surface area contributed by atoms with Gasteiger partial charge in [0.05, 0.1) is 11.9 Å². The third kappa shape index (κ3) is 8.27. The average Bonchev–Trinajstić information content (AvgIpc) is 3.26. The number of nitrogens with zero attached hydrogens (tertiary/aromatic N) is 4. The fraction of sp³-hybridized carbons (Fsp3) is 0.606. The molecular formula is C33H48FN7O4. The molecule has 2 aliphatic rings. The van der Waals surface area contributed by atoms with Crippen LogP contribution in [0.5, 0.6) is 0 Å². The Morgan fingerprint density at radius 2 is 1.67 bits per heavy atom. The number of rotatable bonds is 12. The van der Waals surface area contributed by atoms with Crippen molar-refractivity contribution < 1.29 is 23.6 Å². The van der Waals surface area contributed by atoms with Gasteiger partial charge in [0.2, 0.25) is 23.6 Å². The van der Waals surface area contributed by atoms with Crippen molar-refractivity contribution in [3.8, 4) is 0 Å². The third-order valence-electron chi connectivity index (χ3n) is 9.29. The summed E-state index contributed by atoms with van der Waals surface area (Å²) in [5.74, 6) is -3.34. The molecule has 0 radical (unpaired) electrons. The Hall–Kier alpha value is -3.80. The van der Waals surface area contributed by atoms with Crippen molar-refractivity contribution in [2.45, 2.75) is 90.3 Å². The van der Waals surface area contributed by atoms with Gasteiger partial charge in [0.1, 0.15) is 23.6 Å². The number of amides is 4. The van der Waals surface area contributed by atoms with Gasteiger partial charge in [-0.15, -0.1) is 0 Å². The van der Waals surface area contributed by atoms with Crippen LogP contribution in [0.4, 0.5) is 15.9 Å². The van der Waals surface area contributed by atoms with Crippen molar-refractivity contribution in [1.29, 1.82) is 0 Å². The summed E-state index contributed by atoms with van der Waals surface area (Å²) in [6.07, 6.45) is 7.25. The topological polar surface area (TPSA) is 129 Å². The van der Waals surface area contributed by atoms with Gasteiger partial charge >= 0.3 is 0 Å². The lowest BCUT2D eigenvalue weighted by atomic mass is 9.84. The highest BCUT2D eigenvalue weighted by atomic mass is 19.1. The second kappa shape index (κ2) is 15.5. The lowest BCUT2D eigenvalue weighted by Gasteiger charge is -2.44. The quantitative estimate of drug-likeness (QED) is 0.242. The number of likely N-dealkylation sites (tertiary alicyclic amines) is 1. The Bertz CT molecular complexity index is 1350. The van der Waals surface area contributed by atoms with Crippen LogP contribution in [-0.2, 0) is 25.7 Å². The molecule has 2 aromatic rings. The standard InChI is InChI=1S/C33H48FN7O4/c1-6-28(42)38-30(33(45)40-19-24(20-40)39(4)5)21(3)23-14-15-26(25(34)18-23)36-31(43)29(22-12-10-8-9-11-13-22)32(44)37-27-16-17-35-41(27)7-2/h14-18,21-22,24,29-30H,6-13,19-20H2,1-5H3,(H,36,43)(H,37,44)(H,38,42)/t21-,29-,30+/m0/s1. The maximum absolute atomic E-state index is 15.6. The van der Waals surface area contributed by atoms with E-state index >= 15 is 4.39 Å². The van der Waals surface area contributed by atoms with Crippen molar-refractivity contribution in [2.75, 3.05) is 37.8 Å². The molecule has 246 valence electrons. The van der Waals surface area contributed by atoms with Gasteiger partial charge < -0.3 is 25.8 Å². The van der Waals surface area contributed by atoms with Crippen LogP contribution in [0.2, 0.25) is 0 Å². The summed E-state index contributed by atoms with van der Waals surface area (Å²) >= 11 is 0. The summed E-state index contributed by atoms with van der Waals surface area (Å²) in [7, 11) is 3.92. The smallest absolute Gasteiger partial charge is 0.245 e. The molecule has 1 aromatic heterocycles. The molecule has 11 nitrogen and oxygen atoms in total. The summed E-state index contributed by atoms with van der Waals surface area (Å²) in [6, 6.07) is 5.48. The molecule has 3 atom stereocenters. The minimum atomic E-state index is -1.00. The number of anilines is 2. The zero-order valence-corrected chi connectivity index (χ0v) is 27.1. The Morgan fingerprint density at radius 1 is 1.00 bits per heavy atom. The van der Waals surface area contributed by atoms with E-state index in [1.165, 1.54) is 12.1 Å². The molecule has 1 aliphatic heterocycles. The zero-order valence-electron chi connectivity index (χ0n) is 27.1. The summed E-state index contributed by atoms with van der Waals surface area (Å²) < 4.78 is 17.2. The van der Waals surface area contributed by atoms with Crippen LogP contribution in [-0.4, -0.2) is 82.5 Å². The highest BCUT2D eigenvalue weighted by Gasteiger charge is 2.39. The van der Waals surface area contributed by atoms with Crippen molar-refractivity contribution in [3.05, 3.63) is 41.8 Å². The summed E-state index contributed by atoms with van der Waals surface area (Å²) in [4.78, 5) is 56.8. The van der Waals surface area contributed by atoms with Crippen LogP contribution >= 0.6 is 0 Å². The van der Waals surface area contributed by atoms with Gasteiger partial charge in [0, 0.05) is 44.1 Å². The predicted molar refractivity (Wildman–Crippen MR) is 171 cm³/mol. The number of halogens is 1. The molecule has 2 fully saturated rings. The molecule has 4 amide bonds. The average molecular weight is 626 g/mol. The van der Waals surface area contributed by atoms with Gasteiger partial charge in [-0.25, -0.2) is 9.07 Å². The Morgan fingerprint density at radius 3 is 2.27 bits per heavy atom. The van der Waals surface area contributed by atoms with Gasteiger partial charge in [-0.2, -0.15) is 5.10 Å². The molecule has 1 aliphatic carbocycles. The summed E-state index contributed by atoms with van der Waals surface area (Å²) in [5.41, 5.74) is 0.467. The third-order valence-corrected chi connectivity index (χ3v) is 9.29. The van der Waals surface area contributed by atoms with Gasteiger partial charge in [-0.3, -0.25) is 19.2 Å². The van der Waals surface area contributed by atoms with E-state index in [0.29, 0.717) is 31.0 Å². The van der Waals surface area contributed by atoms with Gasteiger partial charge in [-0.05, 0) is 57.5 Å².